The van der Waals surface area contributed by atoms with Crippen LogP contribution in [0, 0.1) is 5.92 Å². The van der Waals surface area contributed by atoms with Crippen LogP contribution in [0.15, 0.2) is 53.3 Å². The number of carboxylic acids is 1. The quantitative estimate of drug-likeness (QED) is 0.919. The summed E-state index contributed by atoms with van der Waals surface area (Å²) in [6.45, 7) is 0. The molecule has 0 aliphatic heterocycles. The first kappa shape index (κ1) is 13.7. The molecule has 0 fully saturated rings. The van der Waals surface area contributed by atoms with Gasteiger partial charge >= 0.3 is 5.97 Å². The standard InChI is InChI=1S/C15H14BrNO2/c16-14-6-2-1-5-12(14)9-13(15(18)19)8-11-4-3-7-17-10-11/h1-7,10,13H,8-9H2,(H,18,19). The monoisotopic (exact) mass is 319 g/mol. The van der Waals surface area contributed by atoms with Gasteiger partial charge in [-0.2, -0.15) is 0 Å². The molecule has 0 aliphatic carbocycles. The van der Waals surface area contributed by atoms with Gasteiger partial charge in [-0.15, -0.1) is 0 Å². The van der Waals surface area contributed by atoms with E-state index >= 15 is 0 Å². The van der Waals surface area contributed by atoms with Gasteiger partial charge in [0.1, 0.15) is 0 Å². The van der Waals surface area contributed by atoms with Crippen LogP contribution in [0.25, 0.3) is 0 Å². The molecule has 98 valence electrons. The van der Waals surface area contributed by atoms with Crippen LogP contribution in [0.2, 0.25) is 0 Å². The Hall–Kier alpha value is -1.68. The smallest absolute Gasteiger partial charge is 0.307 e. The second-order valence-electron chi connectivity index (χ2n) is 4.40. The van der Waals surface area contributed by atoms with Crippen molar-refractivity contribution in [2.45, 2.75) is 12.8 Å². The van der Waals surface area contributed by atoms with Gasteiger partial charge in [-0.3, -0.25) is 9.78 Å². The van der Waals surface area contributed by atoms with Gasteiger partial charge in [0.2, 0.25) is 0 Å². The topological polar surface area (TPSA) is 50.2 Å². The second-order valence-corrected chi connectivity index (χ2v) is 5.25. The molecule has 0 radical (unpaired) electrons. The average molecular weight is 320 g/mol. The SMILES string of the molecule is O=C(O)C(Cc1cccnc1)Cc1ccccc1Br. The van der Waals surface area contributed by atoms with E-state index in [1.54, 1.807) is 12.4 Å². The Balaban J connectivity index is 2.13. The van der Waals surface area contributed by atoms with Gasteiger partial charge in [-0.05, 0) is 36.1 Å². The van der Waals surface area contributed by atoms with Crippen molar-refractivity contribution in [2.24, 2.45) is 5.92 Å². The highest BCUT2D eigenvalue weighted by Gasteiger charge is 2.19. The third-order valence-electron chi connectivity index (χ3n) is 2.98. The largest absolute Gasteiger partial charge is 0.481 e. The number of aromatic nitrogens is 1. The molecule has 1 unspecified atom stereocenters. The third-order valence-corrected chi connectivity index (χ3v) is 3.75. The summed E-state index contributed by atoms with van der Waals surface area (Å²) in [5.41, 5.74) is 1.96. The lowest BCUT2D eigenvalue weighted by atomic mass is 9.93. The molecule has 19 heavy (non-hydrogen) atoms. The Bertz CT molecular complexity index is 557. The summed E-state index contributed by atoms with van der Waals surface area (Å²) in [6.07, 6.45) is 4.40. The summed E-state index contributed by atoms with van der Waals surface area (Å²) >= 11 is 3.45. The first-order chi connectivity index (χ1) is 9.16. The van der Waals surface area contributed by atoms with Crippen LogP contribution in [0.3, 0.4) is 0 Å². The van der Waals surface area contributed by atoms with E-state index in [1.807, 2.05) is 36.4 Å². The van der Waals surface area contributed by atoms with Crippen molar-refractivity contribution >= 4 is 21.9 Å². The summed E-state index contributed by atoms with van der Waals surface area (Å²) in [6, 6.07) is 11.4. The molecular formula is C15H14BrNO2. The van der Waals surface area contributed by atoms with Crippen LogP contribution in [0.5, 0.6) is 0 Å². The lowest BCUT2D eigenvalue weighted by molar-refractivity contribution is -0.141. The van der Waals surface area contributed by atoms with E-state index in [1.165, 1.54) is 0 Å². The first-order valence-electron chi connectivity index (χ1n) is 6.02. The molecule has 1 atom stereocenters. The van der Waals surface area contributed by atoms with E-state index in [0.717, 1.165) is 15.6 Å². The van der Waals surface area contributed by atoms with E-state index in [2.05, 4.69) is 20.9 Å². The molecular weight excluding hydrogens is 306 g/mol. The number of nitrogens with zero attached hydrogens (tertiary/aromatic N) is 1. The highest BCUT2D eigenvalue weighted by Crippen LogP contribution is 2.21. The molecule has 1 aromatic carbocycles. The highest BCUT2D eigenvalue weighted by atomic mass is 79.9. The minimum absolute atomic E-state index is 0.442. The Morgan fingerprint density at radius 1 is 1.21 bits per heavy atom. The van der Waals surface area contributed by atoms with Gasteiger partial charge < -0.3 is 5.11 Å². The van der Waals surface area contributed by atoms with Gasteiger partial charge in [0.15, 0.2) is 0 Å². The third kappa shape index (κ3) is 3.89. The molecule has 2 rings (SSSR count). The number of benzene rings is 1. The number of pyridine rings is 1. The van der Waals surface area contributed by atoms with Crippen LogP contribution in [-0.2, 0) is 17.6 Å². The minimum atomic E-state index is -0.778. The van der Waals surface area contributed by atoms with Crippen LogP contribution in [0.1, 0.15) is 11.1 Å². The number of halogens is 1. The summed E-state index contributed by atoms with van der Waals surface area (Å²) in [7, 11) is 0. The number of carbonyl (C=O) groups is 1. The zero-order valence-electron chi connectivity index (χ0n) is 10.3. The van der Waals surface area contributed by atoms with Gasteiger partial charge in [0.05, 0.1) is 5.92 Å². The number of carboxylic acid groups (broad SMARTS) is 1. The summed E-state index contributed by atoms with van der Waals surface area (Å²) in [5, 5.41) is 9.35. The Morgan fingerprint density at radius 2 is 2.00 bits per heavy atom. The molecule has 1 heterocycles. The number of hydrogen-bond donors (Lipinski definition) is 1. The van der Waals surface area contributed by atoms with Crippen LogP contribution in [0.4, 0.5) is 0 Å². The first-order valence-corrected chi connectivity index (χ1v) is 6.81. The van der Waals surface area contributed by atoms with Crippen molar-refractivity contribution in [3.05, 3.63) is 64.4 Å². The van der Waals surface area contributed by atoms with E-state index in [-0.39, 0.29) is 0 Å². The molecule has 2 aromatic rings. The molecule has 0 saturated carbocycles. The summed E-state index contributed by atoms with van der Waals surface area (Å²) in [4.78, 5) is 15.4. The van der Waals surface area contributed by atoms with Gasteiger partial charge in [0.25, 0.3) is 0 Å². The van der Waals surface area contributed by atoms with Crippen LogP contribution < -0.4 is 0 Å². The normalized spacial score (nSPS) is 12.1. The van der Waals surface area contributed by atoms with E-state index in [0.29, 0.717) is 12.8 Å². The average Bonchev–Trinajstić information content (AvgIpc) is 2.41. The zero-order chi connectivity index (χ0) is 13.7. The maximum absolute atomic E-state index is 11.4. The van der Waals surface area contributed by atoms with Crippen LogP contribution in [-0.4, -0.2) is 16.1 Å². The molecule has 0 bridgehead atoms. The predicted octanol–water partition coefficient (Wildman–Crippen LogP) is 3.33. The molecule has 0 spiro atoms. The van der Waals surface area contributed by atoms with Crippen LogP contribution >= 0.6 is 15.9 Å². The fourth-order valence-electron chi connectivity index (χ4n) is 1.98. The Labute approximate surface area is 120 Å². The Morgan fingerprint density at radius 3 is 2.63 bits per heavy atom. The fraction of sp³-hybridized carbons (Fsp3) is 0.200. The lowest BCUT2D eigenvalue weighted by Gasteiger charge is -2.13. The molecule has 3 nitrogen and oxygen atoms in total. The molecule has 0 saturated heterocycles. The maximum Gasteiger partial charge on any atom is 0.307 e. The predicted molar refractivity (Wildman–Crippen MR) is 76.9 cm³/mol. The lowest BCUT2D eigenvalue weighted by Crippen LogP contribution is -2.19. The molecule has 1 aromatic heterocycles. The summed E-state index contributed by atoms with van der Waals surface area (Å²) in [5.74, 6) is -1.22. The maximum atomic E-state index is 11.4. The van der Waals surface area contributed by atoms with Gasteiger partial charge in [-0.25, -0.2) is 0 Å². The number of rotatable bonds is 5. The minimum Gasteiger partial charge on any atom is -0.481 e. The molecule has 1 N–H and O–H groups in total. The van der Waals surface area contributed by atoms with Gasteiger partial charge in [-0.1, -0.05) is 40.2 Å². The summed E-state index contributed by atoms with van der Waals surface area (Å²) < 4.78 is 0.951. The van der Waals surface area contributed by atoms with Crippen molar-refractivity contribution in [3.8, 4) is 0 Å². The Kier molecular flexibility index (Phi) is 4.68. The van der Waals surface area contributed by atoms with Crippen molar-refractivity contribution in [2.75, 3.05) is 0 Å². The highest BCUT2D eigenvalue weighted by molar-refractivity contribution is 9.10. The molecule has 4 heteroatoms. The van der Waals surface area contributed by atoms with Gasteiger partial charge in [0, 0.05) is 16.9 Å². The van der Waals surface area contributed by atoms with Crippen molar-refractivity contribution in [1.29, 1.82) is 0 Å². The van der Waals surface area contributed by atoms with E-state index < -0.39 is 11.9 Å². The number of aliphatic carboxylic acids is 1. The second kappa shape index (κ2) is 6.48. The van der Waals surface area contributed by atoms with Crippen molar-refractivity contribution < 1.29 is 9.90 Å². The van der Waals surface area contributed by atoms with Crippen molar-refractivity contribution in [3.63, 3.8) is 0 Å². The fourth-order valence-corrected chi connectivity index (χ4v) is 2.43. The molecule has 0 aliphatic rings. The molecule has 0 amide bonds. The van der Waals surface area contributed by atoms with E-state index in [9.17, 15) is 9.90 Å². The zero-order valence-corrected chi connectivity index (χ0v) is 11.9. The van der Waals surface area contributed by atoms with Crippen molar-refractivity contribution in [1.82, 2.24) is 4.98 Å². The number of hydrogen-bond acceptors (Lipinski definition) is 2. The van der Waals surface area contributed by atoms with E-state index in [4.69, 9.17) is 0 Å².